The highest BCUT2D eigenvalue weighted by Gasteiger charge is 2.05. The smallest absolute Gasteiger partial charge is 0.109 e. The first-order valence-electron chi connectivity index (χ1n) is 3.04. The van der Waals surface area contributed by atoms with E-state index >= 15 is 0 Å². The highest BCUT2D eigenvalue weighted by atomic mass is 79.9. The lowest BCUT2D eigenvalue weighted by molar-refractivity contribution is 0.839. The summed E-state index contributed by atoms with van der Waals surface area (Å²) in [4.78, 5) is 4.22. The monoisotopic (exact) mass is 203 g/mol. The third-order valence-corrected chi connectivity index (χ3v) is 2.50. The van der Waals surface area contributed by atoms with Crippen molar-refractivity contribution in [1.82, 2.24) is 9.55 Å². The zero-order valence-corrected chi connectivity index (χ0v) is 7.64. The highest BCUT2D eigenvalue weighted by Crippen LogP contribution is 2.15. The van der Waals surface area contributed by atoms with Gasteiger partial charge in [0, 0.05) is 13.6 Å². The van der Waals surface area contributed by atoms with Crippen molar-refractivity contribution in [3.63, 3.8) is 0 Å². The van der Waals surface area contributed by atoms with Crippen molar-refractivity contribution >= 4 is 15.9 Å². The number of hydrogen-bond donors (Lipinski definition) is 1. The van der Waals surface area contributed by atoms with Crippen LogP contribution in [0.3, 0.4) is 0 Å². The first-order valence-corrected chi connectivity index (χ1v) is 3.84. The molecule has 4 heteroatoms. The van der Waals surface area contributed by atoms with E-state index in [1.807, 2.05) is 18.5 Å². The Morgan fingerprint density at radius 1 is 1.70 bits per heavy atom. The summed E-state index contributed by atoms with van der Waals surface area (Å²) < 4.78 is 2.94. The zero-order chi connectivity index (χ0) is 7.72. The largest absolute Gasteiger partial charge is 0.326 e. The van der Waals surface area contributed by atoms with Crippen LogP contribution in [-0.2, 0) is 13.6 Å². The summed E-state index contributed by atoms with van der Waals surface area (Å²) in [6.07, 6.45) is 0. The van der Waals surface area contributed by atoms with E-state index in [1.165, 1.54) is 0 Å². The standard InChI is InChI=1S/C6H10BrN3/c1-4-9-5(3-8)6(7)10(4)2/h3,8H2,1-2H3. The number of rotatable bonds is 1. The van der Waals surface area contributed by atoms with Gasteiger partial charge in [0.15, 0.2) is 0 Å². The summed E-state index contributed by atoms with van der Waals surface area (Å²) in [5.41, 5.74) is 6.34. The number of hydrogen-bond acceptors (Lipinski definition) is 2. The normalized spacial score (nSPS) is 10.4. The molecule has 56 valence electrons. The predicted molar refractivity (Wildman–Crippen MR) is 43.5 cm³/mol. The van der Waals surface area contributed by atoms with Crippen LogP contribution in [0.15, 0.2) is 4.60 Å². The van der Waals surface area contributed by atoms with Gasteiger partial charge in [-0.1, -0.05) is 0 Å². The van der Waals surface area contributed by atoms with E-state index in [9.17, 15) is 0 Å². The Labute approximate surface area is 68.4 Å². The van der Waals surface area contributed by atoms with Gasteiger partial charge in [-0.3, -0.25) is 0 Å². The number of aromatic nitrogens is 2. The van der Waals surface area contributed by atoms with Gasteiger partial charge in [-0.05, 0) is 22.9 Å². The molecular formula is C6H10BrN3. The maximum atomic E-state index is 5.43. The Bertz CT molecular complexity index is 241. The second-order valence-corrected chi connectivity index (χ2v) is 2.91. The summed E-state index contributed by atoms with van der Waals surface area (Å²) >= 11 is 3.38. The third-order valence-electron chi connectivity index (χ3n) is 1.51. The molecule has 0 unspecified atom stereocenters. The van der Waals surface area contributed by atoms with E-state index in [2.05, 4.69) is 20.9 Å². The van der Waals surface area contributed by atoms with Crippen LogP contribution in [0.25, 0.3) is 0 Å². The minimum Gasteiger partial charge on any atom is -0.326 e. The SMILES string of the molecule is Cc1nc(CN)c(Br)n1C. The predicted octanol–water partition coefficient (Wildman–Crippen LogP) is 0.950. The first kappa shape index (κ1) is 7.75. The van der Waals surface area contributed by atoms with Crippen molar-refractivity contribution in [1.29, 1.82) is 0 Å². The number of nitrogens with zero attached hydrogens (tertiary/aromatic N) is 2. The summed E-state index contributed by atoms with van der Waals surface area (Å²) in [6.45, 7) is 2.44. The maximum absolute atomic E-state index is 5.43. The van der Waals surface area contributed by atoms with Crippen LogP contribution < -0.4 is 5.73 Å². The molecule has 0 aliphatic heterocycles. The van der Waals surface area contributed by atoms with E-state index in [-0.39, 0.29) is 0 Å². The van der Waals surface area contributed by atoms with Gasteiger partial charge in [0.2, 0.25) is 0 Å². The van der Waals surface area contributed by atoms with E-state index in [1.54, 1.807) is 0 Å². The molecule has 0 aromatic carbocycles. The minimum absolute atomic E-state index is 0.488. The van der Waals surface area contributed by atoms with Crippen LogP contribution in [0.4, 0.5) is 0 Å². The molecule has 10 heavy (non-hydrogen) atoms. The van der Waals surface area contributed by atoms with Crippen LogP contribution in [0.5, 0.6) is 0 Å². The van der Waals surface area contributed by atoms with Gasteiger partial charge in [-0.15, -0.1) is 0 Å². The van der Waals surface area contributed by atoms with Gasteiger partial charge in [0.1, 0.15) is 10.4 Å². The van der Waals surface area contributed by atoms with Crippen molar-refractivity contribution in [3.8, 4) is 0 Å². The Kier molecular flexibility index (Phi) is 2.11. The average Bonchev–Trinajstić information content (AvgIpc) is 2.17. The summed E-state index contributed by atoms with van der Waals surface area (Å²) in [5.74, 6) is 0.979. The van der Waals surface area contributed by atoms with Crippen LogP contribution in [-0.4, -0.2) is 9.55 Å². The molecular weight excluding hydrogens is 194 g/mol. The summed E-state index contributed by atoms with van der Waals surface area (Å²) in [7, 11) is 1.95. The first-order chi connectivity index (χ1) is 4.66. The molecule has 1 aromatic heterocycles. The lowest BCUT2D eigenvalue weighted by atomic mass is 10.5. The van der Waals surface area contributed by atoms with Crippen LogP contribution in [0.1, 0.15) is 11.5 Å². The lowest BCUT2D eigenvalue weighted by Crippen LogP contribution is -1.97. The fourth-order valence-electron chi connectivity index (χ4n) is 0.782. The molecule has 1 aromatic rings. The van der Waals surface area contributed by atoms with Gasteiger partial charge in [0.25, 0.3) is 0 Å². The van der Waals surface area contributed by atoms with Crippen molar-refractivity contribution < 1.29 is 0 Å². The van der Waals surface area contributed by atoms with Crippen molar-refractivity contribution in [2.75, 3.05) is 0 Å². The second-order valence-electron chi connectivity index (χ2n) is 2.16. The Morgan fingerprint density at radius 2 is 2.30 bits per heavy atom. The van der Waals surface area contributed by atoms with Crippen LogP contribution in [0, 0.1) is 6.92 Å². The lowest BCUT2D eigenvalue weighted by Gasteiger charge is -1.94. The molecule has 1 rings (SSSR count). The summed E-state index contributed by atoms with van der Waals surface area (Å²) in [5, 5.41) is 0. The van der Waals surface area contributed by atoms with Gasteiger partial charge in [-0.2, -0.15) is 0 Å². The van der Waals surface area contributed by atoms with E-state index in [4.69, 9.17) is 5.73 Å². The van der Waals surface area contributed by atoms with Crippen molar-refractivity contribution in [3.05, 3.63) is 16.1 Å². The van der Waals surface area contributed by atoms with Crippen molar-refractivity contribution in [2.45, 2.75) is 13.5 Å². The Hall–Kier alpha value is -0.350. The van der Waals surface area contributed by atoms with Gasteiger partial charge in [-0.25, -0.2) is 4.98 Å². The van der Waals surface area contributed by atoms with E-state index < -0.39 is 0 Å². The van der Waals surface area contributed by atoms with Crippen molar-refractivity contribution in [2.24, 2.45) is 12.8 Å². The minimum atomic E-state index is 0.488. The van der Waals surface area contributed by atoms with Gasteiger partial charge in [0.05, 0.1) is 5.69 Å². The number of aryl methyl sites for hydroxylation is 1. The molecule has 0 bridgehead atoms. The molecule has 2 N–H and O–H groups in total. The number of halogens is 1. The second kappa shape index (κ2) is 2.72. The Morgan fingerprint density at radius 3 is 2.50 bits per heavy atom. The summed E-state index contributed by atoms with van der Waals surface area (Å²) in [6, 6.07) is 0. The molecule has 1 heterocycles. The topological polar surface area (TPSA) is 43.8 Å². The molecule has 0 fully saturated rings. The molecule has 0 atom stereocenters. The quantitative estimate of drug-likeness (QED) is 0.740. The van der Waals surface area contributed by atoms with E-state index in [0.29, 0.717) is 6.54 Å². The average molecular weight is 204 g/mol. The fourth-order valence-corrected chi connectivity index (χ4v) is 1.29. The molecule has 0 saturated heterocycles. The van der Waals surface area contributed by atoms with Gasteiger partial charge < -0.3 is 10.3 Å². The van der Waals surface area contributed by atoms with Crippen LogP contribution >= 0.6 is 15.9 Å². The molecule has 0 radical (unpaired) electrons. The Balaban J connectivity index is 3.17. The highest BCUT2D eigenvalue weighted by molar-refractivity contribution is 9.10. The maximum Gasteiger partial charge on any atom is 0.109 e. The number of imidazole rings is 1. The molecule has 0 amide bonds. The van der Waals surface area contributed by atoms with Gasteiger partial charge >= 0.3 is 0 Å². The van der Waals surface area contributed by atoms with Crippen LogP contribution in [0.2, 0.25) is 0 Å². The fraction of sp³-hybridized carbons (Fsp3) is 0.500. The molecule has 0 saturated carbocycles. The van der Waals surface area contributed by atoms with E-state index in [0.717, 1.165) is 16.1 Å². The molecule has 0 aliphatic rings. The number of nitrogens with two attached hydrogens (primary N) is 1. The molecule has 3 nitrogen and oxygen atoms in total. The molecule has 0 aliphatic carbocycles. The zero-order valence-electron chi connectivity index (χ0n) is 6.06. The third kappa shape index (κ3) is 1.09. The molecule has 0 spiro atoms.